The third-order valence-corrected chi connectivity index (χ3v) is 2.90. The van der Waals surface area contributed by atoms with E-state index >= 15 is 0 Å². The number of anilines is 1. The van der Waals surface area contributed by atoms with Crippen LogP contribution in [0.2, 0.25) is 0 Å². The zero-order chi connectivity index (χ0) is 14.8. The molecule has 0 amide bonds. The van der Waals surface area contributed by atoms with Crippen molar-refractivity contribution in [3.63, 3.8) is 0 Å². The van der Waals surface area contributed by atoms with E-state index in [0.717, 1.165) is 0 Å². The number of nitrogens with zero attached hydrogens (tertiary/aromatic N) is 6. The molecule has 21 heavy (non-hydrogen) atoms. The van der Waals surface area contributed by atoms with Crippen molar-refractivity contribution in [1.82, 2.24) is 29.7 Å². The second-order valence-electron chi connectivity index (χ2n) is 4.34. The zero-order valence-corrected chi connectivity index (χ0v) is 11.4. The molecule has 0 saturated carbocycles. The smallest absolute Gasteiger partial charge is 0.257 e. The van der Waals surface area contributed by atoms with Crippen molar-refractivity contribution in [2.75, 3.05) is 12.4 Å². The number of nitrogens with one attached hydrogen (secondary N) is 1. The van der Waals surface area contributed by atoms with Crippen LogP contribution in [0.3, 0.4) is 0 Å². The highest BCUT2D eigenvalue weighted by Crippen LogP contribution is 2.20. The predicted octanol–water partition coefficient (Wildman–Crippen LogP) is 1.61. The van der Waals surface area contributed by atoms with Crippen molar-refractivity contribution < 1.29 is 4.39 Å². The SMILES string of the molecule is CNc1nc(-c2ccc(C)c(F)c2)nc(-n2cncn2)n1. The summed E-state index contributed by atoms with van der Waals surface area (Å²) < 4.78 is 15.1. The molecule has 1 aromatic carbocycles. The van der Waals surface area contributed by atoms with Crippen LogP contribution in [0, 0.1) is 12.7 Å². The molecule has 3 rings (SSSR count). The first-order chi connectivity index (χ1) is 10.2. The van der Waals surface area contributed by atoms with Crippen LogP contribution in [-0.4, -0.2) is 36.8 Å². The number of hydrogen-bond acceptors (Lipinski definition) is 6. The Kier molecular flexibility index (Phi) is 3.27. The minimum atomic E-state index is -0.304. The van der Waals surface area contributed by atoms with Crippen LogP contribution < -0.4 is 5.32 Å². The van der Waals surface area contributed by atoms with E-state index in [-0.39, 0.29) is 5.82 Å². The second-order valence-corrected chi connectivity index (χ2v) is 4.34. The van der Waals surface area contributed by atoms with Crippen LogP contribution in [0.4, 0.5) is 10.3 Å². The van der Waals surface area contributed by atoms with Gasteiger partial charge >= 0.3 is 0 Å². The van der Waals surface area contributed by atoms with E-state index in [2.05, 4.69) is 30.4 Å². The lowest BCUT2D eigenvalue weighted by atomic mass is 10.1. The fourth-order valence-corrected chi connectivity index (χ4v) is 1.75. The fourth-order valence-electron chi connectivity index (χ4n) is 1.75. The Bertz CT molecular complexity index is 770. The number of halogens is 1. The number of hydrogen-bond donors (Lipinski definition) is 1. The van der Waals surface area contributed by atoms with Crippen molar-refractivity contribution in [2.45, 2.75) is 6.92 Å². The Hall–Kier alpha value is -2.90. The second kappa shape index (κ2) is 5.23. The molecule has 0 saturated heterocycles. The van der Waals surface area contributed by atoms with Gasteiger partial charge in [-0.05, 0) is 18.6 Å². The molecule has 0 aliphatic carbocycles. The molecule has 0 unspecified atom stereocenters. The summed E-state index contributed by atoms with van der Waals surface area (Å²) in [5, 5.41) is 6.83. The molecule has 8 heteroatoms. The van der Waals surface area contributed by atoms with Crippen LogP contribution in [0.1, 0.15) is 5.56 Å². The number of benzene rings is 1. The van der Waals surface area contributed by atoms with Gasteiger partial charge in [0.2, 0.25) is 5.95 Å². The average molecular weight is 285 g/mol. The quantitative estimate of drug-likeness (QED) is 0.787. The lowest BCUT2D eigenvalue weighted by Crippen LogP contribution is -2.08. The lowest BCUT2D eigenvalue weighted by molar-refractivity contribution is 0.619. The predicted molar refractivity (Wildman–Crippen MR) is 74.4 cm³/mol. The summed E-state index contributed by atoms with van der Waals surface area (Å²) in [7, 11) is 1.69. The van der Waals surface area contributed by atoms with E-state index in [1.165, 1.54) is 23.4 Å². The van der Waals surface area contributed by atoms with Crippen LogP contribution in [-0.2, 0) is 0 Å². The van der Waals surface area contributed by atoms with Gasteiger partial charge in [0.1, 0.15) is 18.5 Å². The molecule has 2 heterocycles. The molecule has 7 nitrogen and oxygen atoms in total. The molecule has 0 bridgehead atoms. The number of aryl methyl sites for hydroxylation is 1. The lowest BCUT2D eigenvalue weighted by Gasteiger charge is -2.07. The Balaban J connectivity index is 2.13. The normalized spacial score (nSPS) is 10.6. The van der Waals surface area contributed by atoms with Crippen molar-refractivity contribution in [2.24, 2.45) is 0 Å². The van der Waals surface area contributed by atoms with Gasteiger partial charge in [0.05, 0.1) is 0 Å². The molecule has 3 aromatic rings. The minimum absolute atomic E-state index is 0.304. The van der Waals surface area contributed by atoms with E-state index in [1.807, 2.05) is 0 Å². The first kappa shape index (κ1) is 13.1. The van der Waals surface area contributed by atoms with Gasteiger partial charge in [-0.1, -0.05) is 12.1 Å². The molecule has 106 valence electrons. The van der Waals surface area contributed by atoms with Gasteiger partial charge in [-0.25, -0.2) is 9.37 Å². The van der Waals surface area contributed by atoms with Gasteiger partial charge in [-0.3, -0.25) is 0 Å². The maximum Gasteiger partial charge on any atom is 0.257 e. The van der Waals surface area contributed by atoms with Crippen molar-refractivity contribution in [1.29, 1.82) is 0 Å². The Labute approximate surface area is 119 Å². The highest BCUT2D eigenvalue weighted by molar-refractivity contribution is 5.57. The van der Waals surface area contributed by atoms with Crippen molar-refractivity contribution >= 4 is 5.95 Å². The number of rotatable bonds is 3. The summed E-state index contributed by atoms with van der Waals surface area (Å²) in [5.74, 6) is 0.731. The van der Waals surface area contributed by atoms with Gasteiger partial charge in [0, 0.05) is 12.6 Å². The van der Waals surface area contributed by atoms with Gasteiger partial charge in [-0.2, -0.15) is 24.7 Å². The molecule has 0 radical (unpaired) electrons. The van der Waals surface area contributed by atoms with Crippen LogP contribution in [0.5, 0.6) is 0 Å². The summed E-state index contributed by atoms with van der Waals surface area (Å²) in [4.78, 5) is 16.6. The Morgan fingerprint density at radius 2 is 2.05 bits per heavy atom. The molecule has 0 fully saturated rings. The van der Waals surface area contributed by atoms with E-state index < -0.39 is 0 Å². The Morgan fingerprint density at radius 3 is 2.71 bits per heavy atom. The largest absolute Gasteiger partial charge is 0.357 e. The summed E-state index contributed by atoms with van der Waals surface area (Å²) in [6.07, 6.45) is 2.86. The van der Waals surface area contributed by atoms with E-state index in [9.17, 15) is 4.39 Å². The van der Waals surface area contributed by atoms with E-state index in [4.69, 9.17) is 0 Å². The first-order valence-electron chi connectivity index (χ1n) is 6.23. The van der Waals surface area contributed by atoms with Gasteiger partial charge in [0.25, 0.3) is 5.95 Å². The first-order valence-corrected chi connectivity index (χ1v) is 6.23. The maximum atomic E-state index is 13.7. The summed E-state index contributed by atoms with van der Waals surface area (Å²) in [5.41, 5.74) is 1.14. The standard InChI is InChI=1S/C13H12FN7/c1-8-3-4-9(5-10(8)14)11-18-12(15-2)20-13(19-11)21-7-16-6-17-21/h3-7H,1-2H3,(H,15,18,19,20). The van der Waals surface area contributed by atoms with Gasteiger partial charge in [-0.15, -0.1) is 0 Å². The third kappa shape index (κ3) is 2.55. The van der Waals surface area contributed by atoms with Crippen LogP contribution >= 0.6 is 0 Å². The topological polar surface area (TPSA) is 81.4 Å². The number of aromatic nitrogens is 6. The summed E-state index contributed by atoms with van der Waals surface area (Å²) >= 11 is 0. The average Bonchev–Trinajstić information content (AvgIpc) is 3.04. The van der Waals surface area contributed by atoms with E-state index in [0.29, 0.717) is 28.8 Å². The molecular formula is C13H12FN7. The molecule has 1 N–H and O–H groups in total. The third-order valence-electron chi connectivity index (χ3n) is 2.90. The van der Waals surface area contributed by atoms with Crippen molar-refractivity contribution in [3.05, 3.63) is 42.2 Å². The minimum Gasteiger partial charge on any atom is -0.357 e. The summed E-state index contributed by atoms with van der Waals surface area (Å²) in [6.45, 7) is 1.70. The molecule has 0 aliphatic heterocycles. The Morgan fingerprint density at radius 1 is 1.19 bits per heavy atom. The molecule has 2 aromatic heterocycles. The zero-order valence-electron chi connectivity index (χ0n) is 11.4. The summed E-state index contributed by atoms with van der Waals surface area (Å²) in [6, 6.07) is 4.84. The molecule has 0 atom stereocenters. The fraction of sp³-hybridized carbons (Fsp3) is 0.154. The monoisotopic (exact) mass is 285 g/mol. The molecular weight excluding hydrogens is 273 g/mol. The van der Waals surface area contributed by atoms with Crippen LogP contribution in [0.15, 0.2) is 30.9 Å². The van der Waals surface area contributed by atoms with Gasteiger partial charge < -0.3 is 5.32 Å². The highest BCUT2D eigenvalue weighted by Gasteiger charge is 2.11. The molecule has 0 aliphatic rings. The molecule has 0 spiro atoms. The van der Waals surface area contributed by atoms with Gasteiger partial charge in [0.15, 0.2) is 5.82 Å². The van der Waals surface area contributed by atoms with E-state index in [1.54, 1.807) is 26.1 Å². The van der Waals surface area contributed by atoms with Crippen LogP contribution in [0.25, 0.3) is 17.3 Å². The van der Waals surface area contributed by atoms with Crippen molar-refractivity contribution in [3.8, 4) is 17.3 Å². The maximum absolute atomic E-state index is 13.7. The highest BCUT2D eigenvalue weighted by atomic mass is 19.1.